The summed E-state index contributed by atoms with van der Waals surface area (Å²) >= 11 is 3.21. The highest BCUT2D eigenvalue weighted by Gasteiger charge is 2.33. The Kier molecular flexibility index (Phi) is 4.45. The van der Waals surface area contributed by atoms with Gasteiger partial charge in [-0.2, -0.15) is 0 Å². The van der Waals surface area contributed by atoms with Gasteiger partial charge in [-0.1, -0.05) is 13.8 Å². The number of pyridine rings is 1. The van der Waals surface area contributed by atoms with Crippen molar-refractivity contribution in [2.45, 2.75) is 33.2 Å². The van der Waals surface area contributed by atoms with E-state index in [1.165, 1.54) is 11.0 Å². The highest BCUT2D eigenvalue weighted by molar-refractivity contribution is 9.10. The van der Waals surface area contributed by atoms with Gasteiger partial charge in [-0.3, -0.25) is 14.4 Å². The molecule has 2 heterocycles. The SMILES string of the molecule is CN(Cc1ccc(Br)o1)C(=O)c1cc2c([nH]c1=O)CC(C)(C)CC2=O. The van der Waals surface area contributed by atoms with Crippen LogP contribution in [0, 0.1) is 5.41 Å². The van der Waals surface area contributed by atoms with Gasteiger partial charge in [0.2, 0.25) is 0 Å². The van der Waals surface area contributed by atoms with Gasteiger partial charge < -0.3 is 14.3 Å². The maximum absolute atomic E-state index is 12.6. The fourth-order valence-corrected chi connectivity index (χ4v) is 3.47. The number of halogens is 1. The molecule has 7 heteroatoms. The summed E-state index contributed by atoms with van der Waals surface area (Å²) in [5.41, 5.74) is 0.362. The van der Waals surface area contributed by atoms with E-state index in [0.29, 0.717) is 34.5 Å². The molecular formula is C18H19BrN2O4. The second-order valence-corrected chi connectivity index (χ2v) is 7.99. The number of rotatable bonds is 3. The second kappa shape index (κ2) is 6.29. The van der Waals surface area contributed by atoms with Crippen molar-refractivity contribution in [3.63, 3.8) is 0 Å². The molecule has 1 amide bonds. The van der Waals surface area contributed by atoms with Crippen LogP contribution < -0.4 is 5.56 Å². The van der Waals surface area contributed by atoms with E-state index in [4.69, 9.17) is 4.42 Å². The average molecular weight is 407 g/mol. The van der Waals surface area contributed by atoms with E-state index in [0.717, 1.165) is 0 Å². The molecule has 2 aromatic heterocycles. The Morgan fingerprint density at radius 1 is 1.32 bits per heavy atom. The molecule has 0 spiro atoms. The normalized spacial score (nSPS) is 15.8. The van der Waals surface area contributed by atoms with Gasteiger partial charge in [0.05, 0.1) is 6.54 Å². The maximum Gasteiger partial charge on any atom is 0.261 e. The van der Waals surface area contributed by atoms with E-state index >= 15 is 0 Å². The van der Waals surface area contributed by atoms with Crippen LogP contribution in [0.5, 0.6) is 0 Å². The number of nitrogens with zero attached hydrogens (tertiary/aromatic N) is 1. The van der Waals surface area contributed by atoms with Crippen molar-refractivity contribution >= 4 is 27.6 Å². The lowest BCUT2D eigenvalue weighted by Crippen LogP contribution is -2.35. The molecule has 1 aliphatic carbocycles. The van der Waals surface area contributed by atoms with Gasteiger partial charge in [0.25, 0.3) is 11.5 Å². The summed E-state index contributed by atoms with van der Waals surface area (Å²) in [6, 6.07) is 4.92. The molecule has 1 N–H and O–H groups in total. The monoisotopic (exact) mass is 406 g/mol. The predicted molar refractivity (Wildman–Crippen MR) is 95.7 cm³/mol. The minimum absolute atomic E-state index is 0.0278. The number of aromatic amines is 1. The molecule has 0 bridgehead atoms. The number of ketones is 1. The van der Waals surface area contributed by atoms with Crippen molar-refractivity contribution in [1.29, 1.82) is 0 Å². The predicted octanol–water partition coefficient (Wildman–Crippen LogP) is 3.16. The van der Waals surface area contributed by atoms with Gasteiger partial charge in [-0.05, 0) is 46.0 Å². The second-order valence-electron chi connectivity index (χ2n) is 7.21. The standard InChI is InChI=1S/C18H19BrN2O4/c1-18(2)7-13-11(14(22)8-18)6-12(16(23)20-13)17(24)21(3)9-10-4-5-15(19)25-10/h4-6H,7-9H2,1-3H3,(H,20,23). The lowest BCUT2D eigenvalue weighted by atomic mass is 9.75. The highest BCUT2D eigenvalue weighted by atomic mass is 79.9. The van der Waals surface area contributed by atoms with Crippen molar-refractivity contribution in [2.75, 3.05) is 7.05 Å². The van der Waals surface area contributed by atoms with Gasteiger partial charge in [0, 0.05) is 24.7 Å². The number of carbonyl (C=O) groups excluding carboxylic acids is 2. The fourth-order valence-electron chi connectivity index (χ4n) is 3.13. The smallest absolute Gasteiger partial charge is 0.261 e. The van der Waals surface area contributed by atoms with Crippen molar-refractivity contribution in [3.05, 3.63) is 55.8 Å². The molecule has 0 atom stereocenters. The highest BCUT2D eigenvalue weighted by Crippen LogP contribution is 2.33. The quantitative estimate of drug-likeness (QED) is 0.848. The van der Waals surface area contributed by atoms with Gasteiger partial charge in [0.1, 0.15) is 11.3 Å². The molecule has 0 radical (unpaired) electrons. The molecule has 3 rings (SSSR count). The van der Waals surface area contributed by atoms with E-state index in [2.05, 4.69) is 20.9 Å². The topological polar surface area (TPSA) is 83.4 Å². The van der Waals surface area contributed by atoms with Crippen LogP contribution in [0.15, 0.2) is 32.1 Å². The van der Waals surface area contributed by atoms with Crippen LogP contribution in [0.25, 0.3) is 0 Å². The lowest BCUT2D eigenvalue weighted by molar-refractivity contribution is 0.0773. The Balaban J connectivity index is 1.90. The van der Waals surface area contributed by atoms with Crippen LogP contribution in [0.2, 0.25) is 0 Å². The zero-order chi connectivity index (χ0) is 18.4. The van der Waals surface area contributed by atoms with Crippen LogP contribution in [-0.4, -0.2) is 28.6 Å². The van der Waals surface area contributed by atoms with E-state index in [1.54, 1.807) is 19.2 Å². The Hall–Kier alpha value is -2.15. The van der Waals surface area contributed by atoms with Crippen molar-refractivity contribution in [1.82, 2.24) is 9.88 Å². The Morgan fingerprint density at radius 2 is 2.04 bits per heavy atom. The Labute approximate surface area is 153 Å². The molecule has 6 nitrogen and oxygen atoms in total. The summed E-state index contributed by atoms with van der Waals surface area (Å²) in [6.45, 7) is 4.20. The summed E-state index contributed by atoms with van der Waals surface area (Å²) in [5, 5.41) is 0. The first-order valence-electron chi connectivity index (χ1n) is 7.95. The molecule has 132 valence electrons. The van der Waals surface area contributed by atoms with Crippen LogP contribution in [0.4, 0.5) is 0 Å². The number of hydrogen-bond acceptors (Lipinski definition) is 4. The number of furan rings is 1. The first kappa shape index (κ1) is 17.7. The molecule has 0 aromatic carbocycles. The lowest BCUT2D eigenvalue weighted by Gasteiger charge is -2.30. The summed E-state index contributed by atoms with van der Waals surface area (Å²) in [7, 11) is 1.59. The average Bonchev–Trinajstić information content (AvgIpc) is 2.89. The third-order valence-electron chi connectivity index (χ3n) is 4.32. The van der Waals surface area contributed by atoms with Gasteiger partial charge in [0.15, 0.2) is 10.5 Å². The van der Waals surface area contributed by atoms with Crippen LogP contribution >= 0.6 is 15.9 Å². The molecular weight excluding hydrogens is 388 g/mol. The summed E-state index contributed by atoms with van der Waals surface area (Å²) in [4.78, 5) is 41.5. The Bertz CT molecular complexity index is 910. The van der Waals surface area contributed by atoms with Crippen molar-refractivity contribution < 1.29 is 14.0 Å². The maximum atomic E-state index is 12.6. The van der Waals surface area contributed by atoms with E-state index in [1.807, 2.05) is 13.8 Å². The number of hydrogen-bond donors (Lipinski definition) is 1. The first-order valence-corrected chi connectivity index (χ1v) is 8.75. The molecule has 0 unspecified atom stereocenters. The molecule has 0 saturated heterocycles. The third kappa shape index (κ3) is 3.61. The minimum Gasteiger partial charge on any atom is -0.452 e. The number of aromatic nitrogens is 1. The number of H-pyrrole nitrogens is 1. The number of fused-ring (bicyclic) bond motifs is 1. The van der Waals surface area contributed by atoms with Crippen LogP contribution in [-0.2, 0) is 13.0 Å². The van der Waals surface area contributed by atoms with E-state index in [-0.39, 0.29) is 23.3 Å². The minimum atomic E-state index is -0.471. The van der Waals surface area contributed by atoms with E-state index in [9.17, 15) is 14.4 Å². The third-order valence-corrected chi connectivity index (χ3v) is 4.74. The zero-order valence-electron chi connectivity index (χ0n) is 14.3. The molecule has 0 saturated carbocycles. The molecule has 1 aliphatic rings. The molecule has 2 aromatic rings. The summed E-state index contributed by atoms with van der Waals surface area (Å²) in [6.07, 6.45) is 1.00. The van der Waals surface area contributed by atoms with Gasteiger partial charge in [-0.15, -0.1) is 0 Å². The van der Waals surface area contributed by atoms with Gasteiger partial charge in [-0.25, -0.2) is 0 Å². The summed E-state index contributed by atoms with van der Waals surface area (Å²) < 4.78 is 5.96. The number of amides is 1. The molecule has 0 fully saturated rings. The van der Waals surface area contributed by atoms with Crippen LogP contribution in [0.1, 0.15) is 52.4 Å². The van der Waals surface area contributed by atoms with Crippen molar-refractivity contribution in [3.8, 4) is 0 Å². The number of nitrogens with one attached hydrogen (secondary N) is 1. The Morgan fingerprint density at radius 3 is 2.68 bits per heavy atom. The summed E-state index contributed by atoms with van der Waals surface area (Å²) in [5.74, 6) is 0.0957. The molecule has 0 aliphatic heterocycles. The van der Waals surface area contributed by atoms with Crippen LogP contribution in [0.3, 0.4) is 0 Å². The van der Waals surface area contributed by atoms with Gasteiger partial charge >= 0.3 is 0 Å². The molecule has 25 heavy (non-hydrogen) atoms. The van der Waals surface area contributed by atoms with Crippen molar-refractivity contribution in [2.24, 2.45) is 5.41 Å². The number of Topliss-reactive ketones (excluding diaryl/α,β-unsaturated/α-hetero) is 1. The number of carbonyl (C=O) groups is 2. The van der Waals surface area contributed by atoms with E-state index < -0.39 is 11.5 Å². The zero-order valence-corrected chi connectivity index (χ0v) is 15.9. The fraction of sp³-hybridized carbons (Fsp3) is 0.389. The largest absolute Gasteiger partial charge is 0.452 e. The first-order chi connectivity index (χ1) is 11.7.